The van der Waals surface area contributed by atoms with Crippen molar-refractivity contribution < 1.29 is 13.2 Å². The Morgan fingerprint density at radius 2 is 1.96 bits per heavy atom. The van der Waals surface area contributed by atoms with Crippen LogP contribution in [-0.2, 0) is 16.9 Å². The number of rotatable bonds is 5. The largest absolute Gasteiger partial charge is 0.492 e. The Hall–Kier alpha value is -2.54. The molecule has 142 valence electrons. The molecule has 0 amide bonds. The molecule has 6 nitrogen and oxygen atoms in total. The molecule has 1 aliphatic rings. The van der Waals surface area contributed by atoms with E-state index in [4.69, 9.17) is 4.74 Å². The van der Waals surface area contributed by atoms with Crippen molar-refractivity contribution >= 4 is 20.7 Å². The Kier molecular flexibility index (Phi) is 3.96. The van der Waals surface area contributed by atoms with Crippen molar-refractivity contribution in [2.45, 2.75) is 24.7 Å². The average Bonchev–Trinajstić information content (AvgIpc) is 3.15. The van der Waals surface area contributed by atoms with Crippen LogP contribution in [0.25, 0.3) is 22.0 Å². The molecule has 7 heteroatoms. The van der Waals surface area contributed by atoms with Gasteiger partial charge in [0.25, 0.3) is 5.56 Å². The number of hydrogen-bond acceptors (Lipinski definition) is 4. The summed E-state index contributed by atoms with van der Waals surface area (Å²) in [5, 5.41) is 0.742. The van der Waals surface area contributed by atoms with E-state index in [1.165, 1.54) is 10.8 Å². The van der Waals surface area contributed by atoms with E-state index < -0.39 is 9.84 Å². The predicted octanol–water partition coefficient (Wildman–Crippen LogP) is 3.12. The molecule has 1 aromatic carbocycles. The van der Waals surface area contributed by atoms with Gasteiger partial charge in [-0.25, -0.2) is 8.42 Å². The molecule has 0 bridgehead atoms. The number of H-pyrrole nitrogens is 1. The Bertz CT molecular complexity index is 1200. The quantitative estimate of drug-likeness (QED) is 0.730. The lowest BCUT2D eigenvalue weighted by molar-refractivity contribution is 0.248. The minimum atomic E-state index is -3.37. The van der Waals surface area contributed by atoms with Gasteiger partial charge in [0.05, 0.1) is 11.5 Å². The van der Waals surface area contributed by atoms with E-state index in [2.05, 4.69) is 11.9 Å². The summed E-state index contributed by atoms with van der Waals surface area (Å²) in [7, 11) is -1.69. The molecule has 27 heavy (non-hydrogen) atoms. The topological polar surface area (TPSA) is 81.2 Å². The maximum absolute atomic E-state index is 12.4. The van der Waals surface area contributed by atoms with Crippen molar-refractivity contribution in [3.63, 3.8) is 0 Å². The number of benzene rings is 1. The van der Waals surface area contributed by atoms with Crippen LogP contribution in [0.3, 0.4) is 0 Å². The van der Waals surface area contributed by atoms with Gasteiger partial charge in [-0.2, -0.15) is 0 Å². The number of ether oxygens (including phenoxy) is 1. The second-order valence-corrected chi connectivity index (χ2v) is 9.77. The Balaban J connectivity index is 1.93. The highest BCUT2D eigenvalue weighted by molar-refractivity contribution is 7.90. The molecule has 1 aliphatic carbocycles. The number of aromatic nitrogens is 2. The number of pyridine rings is 1. The summed E-state index contributed by atoms with van der Waals surface area (Å²) < 4.78 is 31.8. The predicted molar refractivity (Wildman–Crippen MR) is 105 cm³/mol. The summed E-state index contributed by atoms with van der Waals surface area (Å²) in [5.74, 6) is 0.622. The summed E-state index contributed by atoms with van der Waals surface area (Å²) in [6.07, 6.45) is 6.88. The molecule has 1 saturated carbocycles. The van der Waals surface area contributed by atoms with Gasteiger partial charge in [0.15, 0.2) is 9.84 Å². The second-order valence-electron chi connectivity index (χ2n) is 7.75. The van der Waals surface area contributed by atoms with Crippen LogP contribution in [0.2, 0.25) is 0 Å². The molecule has 0 unspecified atom stereocenters. The third-order valence-corrected chi connectivity index (χ3v) is 6.35. The molecule has 0 atom stereocenters. The number of nitrogens with one attached hydrogen (secondary N) is 1. The van der Waals surface area contributed by atoms with E-state index in [0.717, 1.165) is 23.8 Å². The van der Waals surface area contributed by atoms with Gasteiger partial charge in [0.1, 0.15) is 11.3 Å². The molecule has 1 fully saturated rings. The Morgan fingerprint density at radius 1 is 1.22 bits per heavy atom. The lowest BCUT2D eigenvalue weighted by Gasteiger charge is -2.17. The van der Waals surface area contributed by atoms with Crippen LogP contribution in [0.1, 0.15) is 19.8 Å². The highest BCUT2D eigenvalue weighted by atomic mass is 32.2. The molecular weight excluding hydrogens is 364 g/mol. The number of fused-ring (bicyclic) bond motifs is 1. The van der Waals surface area contributed by atoms with Crippen molar-refractivity contribution in [1.82, 2.24) is 9.55 Å². The van der Waals surface area contributed by atoms with E-state index in [1.807, 2.05) is 6.07 Å². The van der Waals surface area contributed by atoms with Crippen molar-refractivity contribution in [3.05, 3.63) is 47.0 Å². The van der Waals surface area contributed by atoms with Gasteiger partial charge in [-0.05, 0) is 37.1 Å². The maximum Gasteiger partial charge on any atom is 0.274 e. The van der Waals surface area contributed by atoms with E-state index in [-0.39, 0.29) is 15.9 Å². The molecular formula is C20H22N2O4S. The van der Waals surface area contributed by atoms with Gasteiger partial charge in [-0.3, -0.25) is 4.79 Å². The summed E-state index contributed by atoms with van der Waals surface area (Å²) in [6.45, 7) is 2.76. The fraction of sp³-hybridized carbons (Fsp3) is 0.350. The van der Waals surface area contributed by atoms with Crippen molar-refractivity contribution in [2.75, 3.05) is 12.9 Å². The molecule has 0 spiro atoms. The van der Waals surface area contributed by atoms with E-state index in [1.54, 1.807) is 37.6 Å². The number of aryl methyl sites for hydroxylation is 1. The maximum atomic E-state index is 12.4. The summed E-state index contributed by atoms with van der Waals surface area (Å²) >= 11 is 0. The van der Waals surface area contributed by atoms with Gasteiger partial charge in [0, 0.05) is 47.6 Å². The average molecular weight is 386 g/mol. The van der Waals surface area contributed by atoms with Crippen molar-refractivity contribution in [1.29, 1.82) is 0 Å². The molecule has 0 saturated heterocycles. The fourth-order valence-corrected chi connectivity index (χ4v) is 3.82. The third kappa shape index (κ3) is 3.27. The van der Waals surface area contributed by atoms with Crippen LogP contribution in [0.5, 0.6) is 5.75 Å². The number of aromatic amines is 1. The number of nitrogens with zero attached hydrogens (tertiary/aromatic N) is 1. The molecule has 4 rings (SSSR count). The zero-order valence-corrected chi connectivity index (χ0v) is 16.4. The van der Waals surface area contributed by atoms with Crippen LogP contribution in [-0.4, -0.2) is 30.8 Å². The molecule has 0 aliphatic heterocycles. The first-order valence-electron chi connectivity index (χ1n) is 8.82. The van der Waals surface area contributed by atoms with Gasteiger partial charge < -0.3 is 14.3 Å². The van der Waals surface area contributed by atoms with Crippen molar-refractivity contribution in [3.8, 4) is 16.9 Å². The van der Waals surface area contributed by atoms with Gasteiger partial charge >= 0.3 is 0 Å². The van der Waals surface area contributed by atoms with E-state index >= 15 is 0 Å². The zero-order chi connectivity index (χ0) is 19.4. The van der Waals surface area contributed by atoms with Crippen LogP contribution in [0.4, 0.5) is 0 Å². The van der Waals surface area contributed by atoms with Crippen LogP contribution in [0.15, 0.2) is 46.3 Å². The van der Waals surface area contributed by atoms with E-state index in [9.17, 15) is 13.2 Å². The van der Waals surface area contributed by atoms with Crippen LogP contribution < -0.4 is 10.3 Å². The summed E-state index contributed by atoms with van der Waals surface area (Å²) in [6, 6.07) is 6.73. The molecule has 2 heterocycles. The fourth-order valence-electron chi connectivity index (χ4n) is 3.17. The molecule has 3 aromatic rings. The van der Waals surface area contributed by atoms with Gasteiger partial charge in [-0.15, -0.1) is 0 Å². The monoisotopic (exact) mass is 386 g/mol. The van der Waals surface area contributed by atoms with E-state index in [0.29, 0.717) is 23.4 Å². The van der Waals surface area contributed by atoms with Crippen LogP contribution >= 0.6 is 0 Å². The number of sulfone groups is 1. The highest BCUT2D eigenvalue weighted by Gasteiger charge is 2.38. The normalized spacial score (nSPS) is 15.8. The molecule has 2 aromatic heterocycles. The second kappa shape index (κ2) is 5.99. The lowest BCUT2D eigenvalue weighted by atomic mass is 10.0. The standard InChI is InChI=1S/C20H22N2O4S/c1-20(7-8-20)12-26-17-5-4-13(27(3,24)25)10-15(17)16-11-22(2)19(23)18-14(16)6-9-21-18/h4-6,9-11,21H,7-8,12H2,1-3H3. The summed E-state index contributed by atoms with van der Waals surface area (Å²) in [5.41, 5.74) is 1.97. The molecule has 1 N–H and O–H groups in total. The molecule has 0 radical (unpaired) electrons. The number of hydrogen-bond donors (Lipinski definition) is 1. The first-order valence-corrected chi connectivity index (χ1v) is 10.7. The highest BCUT2D eigenvalue weighted by Crippen LogP contribution is 2.46. The first-order chi connectivity index (χ1) is 12.7. The Morgan fingerprint density at radius 3 is 2.63 bits per heavy atom. The smallest absolute Gasteiger partial charge is 0.274 e. The third-order valence-electron chi connectivity index (χ3n) is 5.24. The van der Waals surface area contributed by atoms with Gasteiger partial charge in [-0.1, -0.05) is 6.92 Å². The van der Waals surface area contributed by atoms with Crippen molar-refractivity contribution in [2.24, 2.45) is 12.5 Å². The SMILES string of the molecule is Cn1cc(-c2cc(S(C)(=O)=O)ccc2OCC2(C)CC2)c2cc[nH]c2c1=O. The summed E-state index contributed by atoms with van der Waals surface area (Å²) in [4.78, 5) is 15.6. The van der Waals surface area contributed by atoms with Gasteiger partial charge in [0.2, 0.25) is 0 Å². The first kappa shape index (κ1) is 17.9. The Labute approximate surface area is 157 Å². The zero-order valence-electron chi connectivity index (χ0n) is 15.6. The minimum Gasteiger partial charge on any atom is -0.492 e. The minimum absolute atomic E-state index is 0.133. The lowest BCUT2D eigenvalue weighted by Crippen LogP contribution is -2.16. The van der Waals surface area contributed by atoms with Crippen LogP contribution in [0, 0.1) is 5.41 Å².